The molecule has 180 valence electrons. The van der Waals surface area contributed by atoms with Gasteiger partial charge in [-0.2, -0.15) is 4.31 Å². The summed E-state index contributed by atoms with van der Waals surface area (Å²) in [7, 11) is 0.737. The van der Waals surface area contributed by atoms with E-state index in [9.17, 15) is 13.2 Å². The predicted octanol–water partition coefficient (Wildman–Crippen LogP) is 3.72. The van der Waals surface area contributed by atoms with Crippen LogP contribution < -0.4 is 19.5 Å². The van der Waals surface area contributed by atoms with E-state index in [2.05, 4.69) is 5.32 Å². The summed E-state index contributed by atoms with van der Waals surface area (Å²) in [5.74, 6) is 1.24. The summed E-state index contributed by atoms with van der Waals surface area (Å²) in [5, 5.41) is 2.89. The number of halogens is 1. The van der Waals surface area contributed by atoms with Crippen molar-refractivity contribution >= 4 is 27.5 Å². The van der Waals surface area contributed by atoms with Crippen LogP contribution in [0.3, 0.4) is 0 Å². The molecule has 1 saturated heterocycles. The van der Waals surface area contributed by atoms with E-state index < -0.39 is 15.9 Å². The van der Waals surface area contributed by atoms with Gasteiger partial charge < -0.3 is 19.5 Å². The molecule has 0 aromatic heterocycles. The number of nitrogens with zero attached hydrogens (tertiary/aromatic N) is 1. The van der Waals surface area contributed by atoms with Gasteiger partial charge in [-0.25, -0.2) is 8.42 Å². The van der Waals surface area contributed by atoms with Gasteiger partial charge in [0.05, 0.1) is 26.4 Å². The molecule has 0 aliphatic carbocycles. The van der Waals surface area contributed by atoms with Crippen LogP contribution in [0.15, 0.2) is 35.2 Å². The third kappa shape index (κ3) is 5.54. The molecule has 2 aromatic rings. The highest BCUT2D eigenvalue weighted by Gasteiger charge is 2.31. The van der Waals surface area contributed by atoms with Crippen molar-refractivity contribution in [1.29, 1.82) is 0 Å². The van der Waals surface area contributed by atoms with Gasteiger partial charge in [-0.05, 0) is 54.7 Å². The molecule has 1 atom stereocenters. The minimum Gasteiger partial charge on any atom is -0.493 e. The van der Waals surface area contributed by atoms with Crippen LogP contribution in [0.2, 0.25) is 5.02 Å². The van der Waals surface area contributed by atoms with E-state index in [1.54, 1.807) is 12.1 Å². The maximum atomic E-state index is 13.2. The molecule has 0 radical (unpaired) electrons. The number of carbonyl (C=O) groups is 1. The molecule has 10 heteroatoms. The van der Waals surface area contributed by atoms with Gasteiger partial charge in [-0.15, -0.1) is 0 Å². The number of sulfonamides is 1. The average molecular weight is 497 g/mol. The molecule has 0 spiro atoms. The summed E-state index contributed by atoms with van der Waals surface area (Å²) in [6.07, 6.45) is 1.79. The van der Waals surface area contributed by atoms with Gasteiger partial charge in [0.1, 0.15) is 4.90 Å². The monoisotopic (exact) mass is 496 g/mol. The maximum Gasteiger partial charge on any atom is 0.251 e. The molecule has 1 amide bonds. The molecular weight excluding hydrogens is 468 g/mol. The van der Waals surface area contributed by atoms with Gasteiger partial charge in [0.25, 0.3) is 5.91 Å². The third-order valence-corrected chi connectivity index (χ3v) is 7.96. The number of hydrogen-bond acceptors (Lipinski definition) is 6. The third-order valence-electron chi connectivity index (χ3n) is 5.61. The van der Waals surface area contributed by atoms with E-state index in [1.807, 2.05) is 6.92 Å². The molecule has 1 heterocycles. The molecule has 1 aliphatic rings. The summed E-state index contributed by atoms with van der Waals surface area (Å²) in [6.45, 7) is 3.08. The second-order valence-electron chi connectivity index (χ2n) is 7.97. The summed E-state index contributed by atoms with van der Waals surface area (Å²) in [6, 6.07) is 7.75. The number of amides is 1. The molecule has 0 saturated carbocycles. The highest BCUT2D eigenvalue weighted by atomic mass is 35.5. The number of methoxy groups -OCH3 is 3. The first kappa shape index (κ1) is 25.1. The highest BCUT2D eigenvalue weighted by Crippen LogP contribution is 2.38. The van der Waals surface area contributed by atoms with Gasteiger partial charge in [0, 0.05) is 25.2 Å². The Balaban J connectivity index is 1.80. The van der Waals surface area contributed by atoms with Crippen molar-refractivity contribution in [3.05, 3.63) is 46.5 Å². The van der Waals surface area contributed by atoms with Crippen molar-refractivity contribution in [1.82, 2.24) is 9.62 Å². The Kier molecular flexibility index (Phi) is 8.10. The quantitative estimate of drug-likeness (QED) is 0.598. The predicted molar refractivity (Wildman–Crippen MR) is 126 cm³/mol. The van der Waals surface area contributed by atoms with Crippen LogP contribution >= 0.6 is 11.6 Å². The maximum absolute atomic E-state index is 13.2. The smallest absolute Gasteiger partial charge is 0.251 e. The van der Waals surface area contributed by atoms with Crippen molar-refractivity contribution in [3.8, 4) is 17.2 Å². The topological polar surface area (TPSA) is 94.2 Å². The van der Waals surface area contributed by atoms with Crippen molar-refractivity contribution in [2.45, 2.75) is 31.2 Å². The molecular formula is C23H29ClN2O6S. The number of nitrogens with one attached hydrogen (secondary N) is 1. The SMILES string of the molecule is COc1cc(CNC(=O)c2ccc(Cl)c(S(=O)(=O)N3CCCC(C)C3)c2)cc(OC)c1OC. The first-order valence-electron chi connectivity index (χ1n) is 10.6. The van der Waals surface area contributed by atoms with Crippen LogP contribution in [0.5, 0.6) is 17.2 Å². The van der Waals surface area contributed by atoms with Crippen molar-refractivity contribution in [2.75, 3.05) is 34.4 Å². The van der Waals surface area contributed by atoms with Gasteiger partial charge in [-0.3, -0.25) is 4.79 Å². The van der Waals surface area contributed by atoms with E-state index in [0.717, 1.165) is 18.4 Å². The van der Waals surface area contributed by atoms with Crippen molar-refractivity contribution in [2.24, 2.45) is 5.92 Å². The molecule has 33 heavy (non-hydrogen) atoms. The fourth-order valence-corrected chi connectivity index (χ4v) is 5.97. The van der Waals surface area contributed by atoms with Crippen LogP contribution in [0.1, 0.15) is 35.7 Å². The average Bonchev–Trinajstić information content (AvgIpc) is 2.81. The summed E-state index contributed by atoms with van der Waals surface area (Å²) in [5.41, 5.74) is 0.928. The number of piperidine rings is 1. The van der Waals surface area contributed by atoms with Crippen molar-refractivity contribution < 1.29 is 27.4 Å². The number of benzene rings is 2. The number of hydrogen-bond donors (Lipinski definition) is 1. The molecule has 0 bridgehead atoms. The van der Waals surface area contributed by atoms with Crippen LogP contribution in [-0.4, -0.2) is 53.0 Å². The fraction of sp³-hybridized carbons (Fsp3) is 0.435. The lowest BCUT2D eigenvalue weighted by Gasteiger charge is -2.30. The zero-order valence-corrected chi connectivity index (χ0v) is 20.8. The number of rotatable bonds is 8. The van der Waals surface area contributed by atoms with E-state index in [1.165, 1.54) is 43.8 Å². The minimum absolute atomic E-state index is 0.0568. The Hall–Kier alpha value is -2.49. The zero-order chi connectivity index (χ0) is 24.2. The number of carbonyl (C=O) groups excluding carboxylic acids is 1. The van der Waals surface area contributed by atoms with Gasteiger partial charge in [-0.1, -0.05) is 18.5 Å². The molecule has 3 rings (SSSR count). The molecule has 8 nitrogen and oxygen atoms in total. The molecule has 1 aliphatic heterocycles. The largest absolute Gasteiger partial charge is 0.493 e. The molecule has 1 fully saturated rings. The molecule has 1 unspecified atom stereocenters. The Bertz CT molecular complexity index is 1100. The van der Waals surface area contributed by atoms with E-state index in [-0.39, 0.29) is 27.9 Å². The summed E-state index contributed by atoms with van der Waals surface area (Å²) < 4.78 is 43.8. The second-order valence-corrected chi connectivity index (χ2v) is 10.3. The lowest BCUT2D eigenvalue weighted by Crippen LogP contribution is -2.39. The van der Waals surface area contributed by atoms with E-state index >= 15 is 0 Å². The van der Waals surface area contributed by atoms with Crippen LogP contribution in [0.4, 0.5) is 0 Å². The standard InChI is InChI=1S/C23H29ClN2O6S/c1-15-6-5-9-26(14-15)33(28,29)21-12-17(7-8-18(21)24)23(27)25-13-16-10-19(30-2)22(32-4)20(11-16)31-3/h7-8,10-12,15H,5-6,9,13-14H2,1-4H3,(H,25,27). The fourth-order valence-electron chi connectivity index (χ4n) is 3.87. The summed E-state index contributed by atoms with van der Waals surface area (Å²) in [4.78, 5) is 12.8. The van der Waals surface area contributed by atoms with Gasteiger partial charge in [0.15, 0.2) is 11.5 Å². The van der Waals surface area contributed by atoms with Crippen LogP contribution in [0, 0.1) is 5.92 Å². The van der Waals surface area contributed by atoms with Crippen LogP contribution in [-0.2, 0) is 16.6 Å². The number of ether oxygens (including phenoxy) is 3. The summed E-state index contributed by atoms with van der Waals surface area (Å²) >= 11 is 6.23. The van der Waals surface area contributed by atoms with Gasteiger partial charge >= 0.3 is 0 Å². The first-order valence-corrected chi connectivity index (χ1v) is 12.4. The van der Waals surface area contributed by atoms with Crippen molar-refractivity contribution in [3.63, 3.8) is 0 Å². The normalized spacial score (nSPS) is 16.8. The minimum atomic E-state index is -3.80. The Labute approximate surface area is 199 Å². The molecule has 1 N–H and O–H groups in total. The molecule has 2 aromatic carbocycles. The first-order chi connectivity index (χ1) is 15.7. The Morgan fingerprint density at radius 1 is 1.12 bits per heavy atom. The Morgan fingerprint density at radius 2 is 1.79 bits per heavy atom. The second kappa shape index (κ2) is 10.6. The van der Waals surface area contributed by atoms with Gasteiger partial charge in [0.2, 0.25) is 15.8 Å². The Morgan fingerprint density at radius 3 is 2.36 bits per heavy atom. The zero-order valence-electron chi connectivity index (χ0n) is 19.2. The van der Waals surface area contributed by atoms with E-state index in [4.69, 9.17) is 25.8 Å². The van der Waals surface area contributed by atoms with E-state index in [0.29, 0.717) is 30.3 Å². The highest BCUT2D eigenvalue weighted by molar-refractivity contribution is 7.89. The van der Waals surface area contributed by atoms with Crippen LogP contribution in [0.25, 0.3) is 0 Å². The lowest BCUT2D eigenvalue weighted by atomic mass is 10.0. The lowest BCUT2D eigenvalue weighted by molar-refractivity contribution is 0.0950.